The van der Waals surface area contributed by atoms with E-state index in [9.17, 15) is 0 Å². The second-order valence-electron chi connectivity index (χ2n) is 14.3. The smallest absolute Gasteiger partial charge is 0.143 e. The number of furan rings is 1. The van der Waals surface area contributed by atoms with Gasteiger partial charge in [0, 0.05) is 43.8 Å². The molecule has 0 atom stereocenters. The predicted molar refractivity (Wildman–Crippen MR) is 233 cm³/mol. The summed E-state index contributed by atoms with van der Waals surface area (Å²) in [7, 11) is 0. The molecule has 3 heteroatoms. The van der Waals surface area contributed by atoms with E-state index in [-0.39, 0.29) is 0 Å². The maximum atomic E-state index is 6.53. The molecular formula is C53H34N2O. The Hall–Kier alpha value is -7.49. The lowest BCUT2D eigenvalue weighted by atomic mass is 9.97. The highest BCUT2D eigenvalue weighted by Crippen LogP contribution is 2.42. The Bertz CT molecular complexity index is 3170. The molecule has 3 heterocycles. The molecule has 0 aliphatic heterocycles. The monoisotopic (exact) mass is 714 g/mol. The molecule has 0 N–H and O–H groups in total. The fraction of sp³-hybridized carbons (Fsp3) is 0. The second kappa shape index (κ2) is 13.1. The maximum absolute atomic E-state index is 6.53. The Kier molecular flexibility index (Phi) is 7.49. The van der Waals surface area contributed by atoms with Crippen LogP contribution in [0.5, 0.6) is 0 Å². The van der Waals surface area contributed by atoms with Gasteiger partial charge in [0.25, 0.3) is 0 Å². The summed E-state index contributed by atoms with van der Waals surface area (Å²) in [6.07, 6.45) is 0. The number of pyridine rings is 1. The third kappa shape index (κ3) is 5.32. The van der Waals surface area contributed by atoms with E-state index in [1.807, 2.05) is 24.3 Å². The minimum atomic E-state index is 0.902. The Morgan fingerprint density at radius 3 is 1.64 bits per heavy atom. The van der Waals surface area contributed by atoms with Crippen LogP contribution in [-0.2, 0) is 0 Å². The van der Waals surface area contributed by atoms with Gasteiger partial charge in [-0.05, 0) is 64.7 Å². The molecule has 0 unspecified atom stereocenters. The number of fused-ring (bicyclic) bond motifs is 6. The molecule has 0 saturated heterocycles. The van der Waals surface area contributed by atoms with Gasteiger partial charge in [0.1, 0.15) is 11.2 Å². The van der Waals surface area contributed by atoms with Crippen molar-refractivity contribution in [2.75, 3.05) is 0 Å². The van der Waals surface area contributed by atoms with Crippen LogP contribution in [0.3, 0.4) is 0 Å². The van der Waals surface area contributed by atoms with Crippen molar-refractivity contribution in [2.24, 2.45) is 0 Å². The molecule has 3 aromatic heterocycles. The molecule has 8 aromatic carbocycles. The number of nitrogens with zero attached hydrogens (tertiary/aromatic N) is 2. The van der Waals surface area contributed by atoms with Crippen molar-refractivity contribution in [1.82, 2.24) is 9.55 Å². The van der Waals surface area contributed by atoms with Crippen molar-refractivity contribution in [3.63, 3.8) is 0 Å². The lowest BCUT2D eigenvalue weighted by Crippen LogP contribution is -1.97. The van der Waals surface area contributed by atoms with Gasteiger partial charge < -0.3 is 8.98 Å². The lowest BCUT2D eigenvalue weighted by Gasteiger charge is -2.14. The van der Waals surface area contributed by atoms with E-state index in [1.54, 1.807) is 0 Å². The fourth-order valence-corrected chi connectivity index (χ4v) is 8.33. The van der Waals surface area contributed by atoms with Gasteiger partial charge in [0.15, 0.2) is 0 Å². The Labute approximate surface area is 324 Å². The van der Waals surface area contributed by atoms with Crippen LogP contribution in [0.2, 0.25) is 0 Å². The second-order valence-corrected chi connectivity index (χ2v) is 14.3. The van der Waals surface area contributed by atoms with Crippen LogP contribution in [0, 0.1) is 0 Å². The first kappa shape index (κ1) is 32.0. The van der Waals surface area contributed by atoms with Gasteiger partial charge in [-0.15, -0.1) is 0 Å². The summed E-state index contributed by atoms with van der Waals surface area (Å²) in [6, 6.07) is 73.2. The van der Waals surface area contributed by atoms with Gasteiger partial charge in [-0.1, -0.05) is 164 Å². The summed E-state index contributed by atoms with van der Waals surface area (Å²) in [5, 5.41) is 4.70. The molecule has 0 bridgehead atoms. The topological polar surface area (TPSA) is 31.0 Å². The molecule has 0 saturated carbocycles. The van der Waals surface area contributed by atoms with Crippen LogP contribution < -0.4 is 0 Å². The molecule has 262 valence electrons. The van der Waals surface area contributed by atoms with E-state index >= 15 is 0 Å². The maximum Gasteiger partial charge on any atom is 0.143 e. The molecule has 0 spiro atoms. The van der Waals surface area contributed by atoms with Crippen molar-refractivity contribution in [3.05, 3.63) is 206 Å². The predicted octanol–water partition coefficient (Wildman–Crippen LogP) is 14.4. The highest BCUT2D eigenvalue weighted by molar-refractivity contribution is 6.13. The molecule has 3 nitrogen and oxygen atoms in total. The highest BCUT2D eigenvalue weighted by Gasteiger charge is 2.19. The summed E-state index contributed by atoms with van der Waals surface area (Å²) in [4.78, 5) is 5.08. The highest BCUT2D eigenvalue weighted by atomic mass is 16.3. The molecular weight excluding hydrogens is 681 g/mol. The Morgan fingerprint density at radius 1 is 0.339 bits per heavy atom. The summed E-state index contributed by atoms with van der Waals surface area (Å²) in [6.45, 7) is 0. The van der Waals surface area contributed by atoms with Gasteiger partial charge in [-0.3, -0.25) is 0 Å². The zero-order valence-corrected chi connectivity index (χ0v) is 30.4. The molecule has 0 amide bonds. The third-order valence-corrected chi connectivity index (χ3v) is 11.0. The van der Waals surface area contributed by atoms with Crippen LogP contribution in [-0.4, -0.2) is 9.55 Å². The first-order valence-corrected chi connectivity index (χ1v) is 19.0. The van der Waals surface area contributed by atoms with E-state index in [1.165, 1.54) is 27.4 Å². The van der Waals surface area contributed by atoms with E-state index in [2.05, 4.69) is 187 Å². The zero-order valence-electron chi connectivity index (χ0n) is 30.4. The van der Waals surface area contributed by atoms with E-state index < -0.39 is 0 Å². The number of rotatable bonds is 6. The zero-order chi connectivity index (χ0) is 37.0. The third-order valence-electron chi connectivity index (χ3n) is 11.0. The number of aromatic nitrogens is 2. The average Bonchev–Trinajstić information content (AvgIpc) is 3.83. The molecule has 56 heavy (non-hydrogen) atoms. The van der Waals surface area contributed by atoms with Gasteiger partial charge in [0.2, 0.25) is 0 Å². The van der Waals surface area contributed by atoms with Crippen molar-refractivity contribution >= 4 is 43.7 Å². The molecule has 11 aromatic rings. The van der Waals surface area contributed by atoms with Gasteiger partial charge in [0.05, 0.1) is 28.1 Å². The fourth-order valence-electron chi connectivity index (χ4n) is 8.33. The molecule has 0 fully saturated rings. The Morgan fingerprint density at radius 2 is 0.893 bits per heavy atom. The summed E-state index contributed by atoms with van der Waals surface area (Å²) < 4.78 is 8.94. The SMILES string of the molecule is c1ccc(-c2cc(-c3ccc(-c4ccc5c(c4)c4ccccc4n5-c4ccccc4-c4cccc5c4oc4ccccc45)cc3)cc(-c3ccccc3)n2)cc1. The van der Waals surface area contributed by atoms with Crippen molar-refractivity contribution in [1.29, 1.82) is 0 Å². The number of hydrogen-bond donors (Lipinski definition) is 0. The normalized spacial score (nSPS) is 11.6. The van der Waals surface area contributed by atoms with E-state index in [0.29, 0.717) is 0 Å². The molecule has 0 aliphatic rings. The van der Waals surface area contributed by atoms with Crippen molar-refractivity contribution in [2.45, 2.75) is 0 Å². The largest absolute Gasteiger partial charge is 0.455 e. The summed E-state index contributed by atoms with van der Waals surface area (Å²) in [5.74, 6) is 0. The van der Waals surface area contributed by atoms with Gasteiger partial charge in [-0.2, -0.15) is 0 Å². The lowest BCUT2D eigenvalue weighted by molar-refractivity contribution is 0.670. The molecule has 0 aliphatic carbocycles. The quantitative estimate of drug-likeness (QED) is 0.172. The van der Waals surface area contributed by atoms with Crippen LogP contribution in [0.1, 0.15) is 0 Å². The number of benzene rings is 8. The minimum absolute atomic E-state index is 0.902. The minimum Gasteiger partial charge on any atom is -0.455 e. The summed E-state index contributed by atoms with van der Waals surface area (Å²) >= 11 is 0. The van der Waals surface area contributed by atoms with Crippen LogP contribution in [0.15, 0.2) is 211 Å². The van der Waals surface area contributed by atoms with Crippen molar-refractivity contribution in [3.8, 4) is 61.6 Å². The van der Waals surface area contributed by atoms with Gasteiger partial charge in [-0.25, -0.2) is 4.98 Å². The first-order chi connectivity index (χ1) is 27.8. The standard InChI is InChI=1S/C53H34N2O/c1-3-14-37(15-4-1)47-33-40(34-48(54-47)38-16-5-2-6-17-38)36-28-26-35(27-29-36)39-30-31-51-46(32-39)42-19-8-11-24-50(42)55(51)49-23-10-7-18-41(49)44-21-13-22-45-43-20-9-12-25-52(43)56-53(44)45/h1-34H. The van der Waals surface area contributed by atoms with Gasteiger partial charge >= 0.3 is 0 Å². The van der Waals surface area contributed by atoms with Crippen molar-refractivity contribution < 1.29 is 4.42 Å². The average molecular weight is 715 g/mol. The first-order valence-electron chi connectivity index (χ1n) is 19.0. The molecule has 11 rings (SSSR count). The number of para-hydroxylation sites is 4. The van der Waals surface area contributed by atoms with Crippen LogP contribution in [0.4, 0.5) is 0 Å². The molecule has 0 radical (unpaired) electrons. The van der Waals surface area contributed by atoms with Crippen LogP contribution in [0.25, 0.3) is 105 Å². The van der Waals surface area contributed by atoms with E-state index in [0.717, 1.165) is 77.9 Å². The Balaban J connectivity index is 1.01. The van der Waals surface area contributed by atoms with E-state index in [4.69, 9.17) is 9.40 Å². The summed E-state index contributed by atoms with van der Waals surface area (Å²) in [5.41, 5.74) is 16.2. The van der Waals surface area contributed by atoms with Crippen LogP contribution >= 0.6 is 0 Å². The number of hydrogen-bond acceptors (Lipinski definition) is 2.